The smallest absolute Gasteiger partial charge is 0.442 e. The standard InChI is InChI=1S/C14H22BClN2O4/c1-12(2,3)20-11(19)18-10(16)9(8-17-18)15-21-13(4,5)14(6,7)22-15/h8H,1-7H3. The molecular weight excluding hydrogens is 306 g/mol. The van der Waals surface area contributed by atoms with Crippen LogP contribution < -0.4 is 5.46 Å². The summed E-state index contributed by atoms with van der Waals surface area (Å²) in [5.41, 5.74) is -1.10. The van der Waals surface area contributed by atoms with E-state index in [1.54, 1.807) is 20.8 Å². The van der Waals surface area contributed by atoms with Gasteiger partial charge in [0.25, 0.3) is 0 Å². The lowest BCUT2D eigenvalue weighted by Gasteiger charge is -2.32. The van der Waals surface area contributed by atoms with Gasteiger partial charge >= 0.3 is 13.2 Å². The molecular formula is C14H22BClN2O4. The van der Waals surface area contributed by atoms with Gasteiger partial charge in [0.05, 0.1) is 17.4 Å². The molecule has 1 aliphatic rings. The number of halogens is 1. The average molecular weight is 329 g/mol. The Bertz CT molecular complexity index is 576. The lowest BCUT2D eigenvalue weighted by atomic mass is 9.82. The van der Waals surface area contributed by atoms with Crippen LogP contribution in [0.1, 0.15) is 48.5 Å². The van der Waals surface area contributed by atoms with E-state index in [1.807, 2.05) is 27.7 Å². The van der Waals surface area contributed by atoms with E-state index in [1.165, 1.54) is 6.20 Å². The van der Waals surface area contributed by atoms with Crippen molar-refractivity contribution in [3.05, 3.63) is 11.3 Å². The third-order valence-corrected chi connectivity index (χ3v) is 4.19. The summed E-state index contributed by atoms with van der Waals surface area (Å²) in [6.07, 6.45) is 0.828. The first-order valence-electron chi connectivity index (χ1n) is 7.16. The predicted octanol–water partition coefficient (Wildman–Crippen LogP) is 2.62. The molecule has 0 aliphatic carbocycles. The second-order valence-electron chi connectivity index (χ2n) is 7.37. The van der Waals surface area contributed by atoms with Gasteiger partial charge in [0.2, 0.25) is 0 Å². The Morgan fingerprint density at radius 1 is 1.27 bits per heavy atom. The van der Waals surface area contributed by atoms with E-state index in [9.17, 15) is 4.79 Å². The topological polar surface area (TPSA) is 62.6 Å². The maximum atomic E-state index is 12.1. The number of ether oxygens (including phenoxy) is 1. The number of carbonyl (C=O) groups is 1. The first kappa shape index (κ1) is 17.3. The zero-order valence-electron chi connectivity index (χ0n) is 14.1. The van der Waals surface area contributed by atoms with Crippen LogP contribution in [0.15, 0.2) is 6.20 Å². The summed E-state index contributed by atoms with van der Waals surface area (Å²) in [5.74, 6) is 0. The zero-order valence-corrected chi connectivity index (χ0v) is 14.8. The van der Waals surface area contributed by atoms with Gasteiger partial charge in [0, 0.05) is 5.46 Å². The van der Waals surface area contributed by atoms with Gasteiger partial charge in [-0.1, -0.05) is 11.6 Å². The van der Waals surface area contributed by atoms with Crippen molar-refractivity contribution in [2.75, 3.05) is 0 Å². The molecule has 1 aliphatic heterocycles. The molecule has 1 aromatic heterocycles. The minimum Gasteiger partial charge on any atom is -0.442 e. The van der Waals surface area contributed by atoms with E-state index in [2.05, 4.69) is 5.10 Å². The fourth-order valence-corrected chi connectivity index (χ4v) is 2.16. The van der Waals surface area contributed by atoms with Gasteiger partial charge in [-0.05, 0) is 48.5 Å². The molecule has 1 fully saturated rings. The normalized spacial score (nSPS) is 20.3. The maximum absolute atomic E-state index is 12.1. The van der Waals surface area contributed by atoms with Crippen molar-refractivity contribution in [2.45, 2.75) is 65.3 Å². The molecule has 22 heavy (non-hydrogen) atoms. The highest BCUT2D eigenvalue weighted by Crippen LogP contribution is 2.36. The van der Waals surface area contributed by atoms with E-state index in [0.717, 1.165) is 4.68 Å². The quantitative estimate of drug-likeness (QED) is 0.742. The average Bonchev–Trinajstić information content (AvgIpc) is 2.75. The molecule has 0 saturated carbocycles. The maximum Gasteiger partial charge on any atom is 0.499 e. The molecule has 0 amide bonds. The van der Waals surface area contributed by atoms with Crippen molar-refractivity contribution in [2.24, 2.45) is 0 Å². The summed E-state index contributed by atoms with van der Waals surface area (Å²) in [5, 5.41) is 4.12. The Morgan fingerprint density at radius 2 is 1.77 bits per heavy atom. The first-order chi connectivity index (χ1) is 9.84. The molecule has 8 heteroatoms. The fourth-order valence-electron chi connectivity index (χ4n) is 1.91. The molecule has 0 atom stereocenters. The van der Waals surface area contributed by atoms with E-state index in [-0.39, 0.29) is 5.15 Å². The molecule has 0 bridgehead atoms. The molecule has 1 saturated heterocycles. The van der Waals surface area contributed by atoms with E-state index >= 15 is 0 Å². The van der Waals surface area contributed by atoms with Crippen molar-refractivity contribution in [1.29, 1.82) is 0 Å². The molecule has 2 rings (SSSR count). The Hall–Kier alpha value is -1.05. The molecule has 0 N–H and O–H groups in total. The molecule has 122 valence electrons. The van der Waals surface area contributed by atoms with Crippen molar-refractivity contribution >= 4 is 30.3 Å². The van der Waals surface area contributed by atoms with Gasteiger partial charge in [-0.3, -0.25) is 0 Å². The number of carbonyl (C=O) groups excluding carboxylic acids is 1. The van der Waals surface area contributed by atoms with Crippen LogP contribution in [0.25, 0.3) is 0 Å². The summed E-state index contributed by atoms with van der Waals surface area (Å²) in [6.45, 7) is 13.1. The van der Waals surface area contributed by atoms with Crippen molar-refractivity contribution < 1.29 is 18.8 Å². The molecule has 0 aromatic carbocycles. The number of rotatable bonds is 1. The van der Waals surface area contributed by atoms with Gasteiger partial charge in [-0.15, -0.1) is 0 Å². The first-order valence-corrected chi connectivity index (χ1v) is 7.54. The van der Waals surface area contributed by atoms with Gasteiger partial charge in [-0.2, -0.15) is 9.78 Å². The van der Waals surface area contributed by atoms with E-state index < -0.39 is 30.0 Å². The van der Waals surface area contributed by atoms with Crippen LogP contribution in [-0.2, 0) is 14.0 Å². The SMILES string of the molecule is CC(C)(C)OC(=O)n1ncc(B2OC(C)(C)C(C)(C)O2)c1Cl. The van der Waals surface area contributed by atoms with Crippen LogP contribution in [0.2, 0.25) is 5.15 Å². The van der Waals surface area contributed by atoms with Crippen LogP contribution in [0.5, 0.6) is 0 Å². The minimum atomic E-state index is -0.673. The fraction of sp³-hybridized carbons (Fsp3) is 0.714. The van der Waals surface area contributed by atoms with E-state index in [0.29, 0.717) is 5.46 Å². The van der Waals surface area contributed by atoms with Gasteiger partial charge in [0.15, 0.2) is 0 Å². The number of hydrogen-bond acceptors (Lipinski definition) is 5. The molecule has 6 nitrogen and oxygen atoms in total. The van der Waals surface area contributed by atoms with Crippen LogP contribution in [0, 0.1) is 0 Å². The Labute approximate surface area is 136 Å². The monoisotopic (exact) mass is 328 g/mol. The third-order valence-electron chi connectivity index (χ3n) is 3.81. The zero-order chi connectivity index (χ0) is 16.9. The predicted molar refractivity (Wildman–Crippen MR) is 84.6 cm³/mol. The lowest BCUT2D eigenvalue weighted by molar-refractivity contribution is 0.00578. The highest BCUT2D eigenvalue weighted by atomic mass is 35.5. The number of hydrogen-bond donors (Lipinski definition) is 0. The largest absolute Gasteiger partial charge is 0.499 e. The lowest BCUT2D eigenvalue weighted by Crippen LogP contribution is -2.41. The highest BCUT2D eigenvalue weighted by molar-refractivity contribution is 6.65. The molecule has 0 unspecified atom stereocenters. The number of nitrogens with zero attached hydrogens (tertiary/aromatic N) is 2. The van der Waals surface area contributed by atoms with E-state index in [4.69, 9.17) is 25.6 Å². The van der Waals surface area contributed by atoms with Crippen molar-refractivity contribution in [3.8, 4) is 0 Å². The Morgan fingerprint density at radius 3 is 2.23 bits per heavy atom. The molecule has 2 heterocycles. The summed E-state index contributed by atoms with van der Waals surface area (Å²) < 4.78 is 18.1. The molecule has 0 spiro atoms. The number of aromatic nitrogens is 2. The summed E-state index contributed by atoms with van der Waals surface area (Å²) in [7, 11) is -0.673. The van der Waals surface area contributed by atoms with Crippen LogP contribution in [-0.4, -0.2) is 39.8 Å². The van der Waals surface area contributed by atoms with Gasteiger partial charge < -0.3 is 14.0 Å². The van der Waals surface area contributed by atoms with Gasteiger partial charge in [-0.25, -0.2) is 4.79 Å². The summed E-state index contributed by atoms with van der Waals surface area (Å²) in [6, 6.07) is 0. The molecule has 1 aromatic rings. The van der Waals surface area contributed by atoms with Crippen LogP contribution in [0.3, 0.4) is 0 Å². The van der Waals surface area contributed by atoms with Crippen molar-refractivity contribution in [1.82, 2.24) is 9.78 Å². The Kier molecular flexibility index (Phi) is 4.13. The van der Waals surface area contributed by atoms with Crippen LogP contribution in [0.4, 0.5) is 4.79 Å². The second kappa shape index (κ2) is 5.25. The van der Waals surface area contributed by atoms with Crippen LogP contribution >= 0.6 is 11.6 Å². The van der Waals surface area contributed by atoms with Gasteiger partial charge in [0.1, 0.15) is 10.8 Å². The Balaban J connectivity index is 2.25. The second-order valence-corrected chi connectivity index (χ2v) is 7.73. The van der Waals surface area contributed by atoms with Crippen molar-refractivity contribution in [3.63, 3.8) is 0 Å². The highest BCUT2D eigenvalue weighted by Gasteiger charge is 2.53. The summed E-state index contributed by atoms with van der Waals surface area (Å²) in [4.78, 5) is 12.1. The minimum absolute atomic E-state index is 0.132. The molecule has 0 radical (unpaired) electrons. The third kappa shape index (κ3) is 3.16. The summed E-state index contributed by atoms with van der Waals surface area (Å²) >= 11 is 6.25.